The van der Waals surface area contributed by atoms with Gasteiger partial charge in [-0.05, 0) is 80.5 Å². The number of pyridine rings is 1. The van der Waals surface area contributed by atoms with Crippen LogP contribution < -0.4 is 10.6 Å². The Labute approximate surface area is 191 Å². The van der Waals surface area contributed by atoms with Crippen molar-refractivity contribution in [2.75, 3.05) is 18.4 Å². The lowest BCUT2D eigenvalue weighted by Gasteiger charge is -2.26. The van der Waals surface area contributed by atoms with Gasteiger partial charge in [0.25, 0.3) is 0 Å². The normalized spacial score (nSPS) is 14.4. The van der Waals surface area contributed by atoms with Crippen LogP contribution in [0, 0.1) is 5.82 Å². The molecule has 0 spiro atoms. The van der Waals surface area contributed by atoms with E-state index in [2.05, 4.69) is 20.2 Å². The summed E-state index contributed by atoms with van der Waals surface area (Å²) in [6.07, 6.45) is 5.76. The minimum Gasteiger partial charge on any atom is -0.340 e. The summed E-state index contributed by atoms with van der Waals surface area (Å²) in [5.41, 5.74) is 4.60. The third-order valence-corrected chi connectivity index (χ3v) is 5.98. The van der Waals surface area contributed by atoms with Gasteiger partial charge in [-0.3, -0.25) is 0 Å². The molecule has 1 saturated heterocycles. The van der Waals surface area contributed by atoms with Gasteiger partial charge in [0.15, 0.2) is 0 Å². The Morgan fingerprint density at radius 2 is 1.78 bits per heavy atom. The van der Waals surface area contributed by atoms with Crippen molar-refractivity contribution in [2.45, 2.75) is 18.9 Å². The molecule has 162 valence electrons. The van der Waals surface area contributed by atoms with E-state index in [-0.39, 0.29) is 5.82 Å². The van der Waals surface area contributed by atoms with E-state index in [9.17, 15) is 4.39 Å². The maximum Gasteiger partial charge on any atom is 0.130 e. The summed E-state index contributed by atoms with van der Waals surface area (Å²) in [4.78, 5) is 9.24. The highest BCUT2D eigenvalue weighted by Gasteiger charge is 2.22. The first-order valence-corrected chi connectivity index (χ1v) is 11.1. The van der Waals surface area contributed by atoms with E-state index in [1.165, 1.54) is 12.1 Å². The molecule has 0 amide bonds. The highest BCUT2D eigenvalue weighted by molar-refractivity contribution is 6.30. The highest BCUT2D eigenvalue weighted by Crippen LogP contribution is 2.36. The highest BCUT2D eigenvalue weighted by atomic mass is 35.5. The molecule has 4 aromatic rings. The number of piperidine rings is 1. The first-order valence-electron chi connectivity index (χ1n) is 10.7. The number of hydrogen-bond donors (Lipinski definition) is 2. The van der Waals surface area contributed by atoms with Crippen molar-refractivity contribution in [3.63, 3.8) is 0 Å². The molecule has 0 saturated carbocycles. The van der Waals surface area contributed by atoms with Crippen molar-refractivity contribution in [1.29, 1.82) is 0 Å². The van der Waals surface area contributed by atoms with E-state index >= 15 is 0 Å². The molecule has 1 aliphatic rings. The molecule has 5 nitrogen and oxygen atoms in total. The predicted molar refractivity (Wildman–Crippen MR) is 127 cm³/mol. The van der Waals surface area contributed by atoms with Crippen molar-refractivity contribution in [3.05, 3.63) is 84.0 Å². The van der Waals surface area contributed by atoms with Crippen LogP contribution in [0.25, 0.3) is 22.5 Å². The number of rotatable bonds is 5. The molecule has 2 N–H and O–H groups in total. The van der Waals surface area contributed by atoms with Gasteiger partial charge in [-0.2, -0.15) is 0 Å². The summed E-state index contributed by atoms with van der Waals surface area (Å²) in [6.45, 7) is 1.96. The number of halogens is 2. The fourth-order valence-corrected chi connectivity index (χ4v) is 4.38. The zero-order valence-corrected chi connectivity index (χ0v) is 18.2. The molecule has 32 heavy (non-hydrogen) atoms. The first kappa shape index (κ1) is 20.7. The van der Waals surface area contributed by atoms with Gasteiger partial charge in [-0.25, -0.2) is 14.4 Å². The number of imidazole rings is 1. The number of anilines is 2. The van der Waals surface area contributed by atoms with E-state index in [0.29, 0.717) is 16.9 Å². The predicted octanol–water partition coefficient (Wildman–Crippen LogP) is 6.07. The molecule has 0 bridgehead atoms. The van der Waals surface area contributed by atoms with Crippen LogP contribution in [-0.2, 0) is 0 Å². The zero-order chi connectivity index (χ0) is 21.9. The lowest BCUT2D eigenvalue weighted by Crippen LogP contribution is -2.29. The van der Waals surface area contributed by atoms with Crippen LogP contribution in [-0.4, -0.2) is 27.6 Å². The van der Waals surface area contributed by atoms with E-state index in [0.717, 1.165) is 54.1 Å². The molecule has 0 unspecified atom stereocenters. The van der Waals surface area contributed by atoms with Gasteiger partial charge in [-0.1, -0.05) is 17.7 Å². The standard InChI is InChI=1S/C25H23ClFN5/c26-19-2-1-3-21(15-19)31-23-14-18(8-13-29-23)25-24(17-4-6-20(27)7-5-17)30-16-32(25)22-9-11-28-12-10-22/h1-8,13-16,22,28H,9-12H2,(H,29,31). The van der Waals surface area contributed by atoms with Gasteiger partial charge >= 0.3 is 0 Å². The molecule has 0 aliphatic carbocycles. The maximum absolute atomic E-state index is 13.6. The van der Waals surface area contributed by atoms with Gasteiger partial charge in [0.1, 0.15) is 11.6 Å². The monoisotopic (exact) mass is 447 g/mol. The molecular weight excluding hydrogens is 425 g/mol. The SMILES string of the molecule is Fc1ccc(-c2ncn(C3CCNCC3)c2-c2ccnc(Nc3cccc(Cl)c3)c2)cc1. The van der Waals surface area contributed by atoms with Crippen molar-refractivity contribution in [2.24, 2.45) is 0 Å². The Kier molecular flexibility index (Phi) is 5.88. The maximum atomic E-state index is 13.6. The fourth-order valence-electron chi connectivity index (χ4n) is 4.19. The summed E-state index contributed by atoms with van der Waals surface area (Å²) < 4.78 is 15.8. The number of nitrogens with one attached hydrogen (secondary N) is 2. The lowest BCUT2D eigenvalue weighted by atomic mass is 10.0. The molecule has 7 heteroatoms. The lowest BCUT2D eigenvalue weighted by molar-refractivity contribution is 0.370. The second-order valence-electron chi connectivity index (χ2n) is 7.90. The van der Waals surface area contributed by atoms with Gasteiger partial charge in [0.05, 0.1) is 17.7 Å². The van der Waals surface area contributed by atoms with Crippen LogP contribution in [0.3, 0.4) is 0 Å². The van der Waals surface area contributed by atoms with Gasteiger partial charge < -0.3 is 15.2 Å². The number of nitrogens with zero attached hydrogens (tertiary/aromatic N) is 3. The summed E-state index contributed by atoms with van der Waals surface area (Å²) in [5.74, 6) is 0.456. The van der Waals surface area contributed by atoms with Gasteiger partial charge in [0, 0.05) is 34.1 Å². The van der Waals surface area contributed by atoms with Gasteiger partial charge in [-0.15, -0.1) is 0 Å². The van der Waals surface area contributed by atoms with E-state index in [1.54, 1.807) is 18.3 Å². The van der Waals surface area contributed by atoms with Crippen molar-refractivity contribution < 1.29 is 4.39 Å². The quantitative estimate of drug-likeness (QED) is 0.389. The average molecular weight is 448 g/mol. The Balaban J connectivity index is 1.57. The summed E-state index contributed by atoms with van der Waals surface area (Å²) in [6, 6.07) is 18.4. The molecule has 3 heterocycles. The number of benzene rings is 2. The van der Waals surface area contributed by atoms with Crippen LogP contribution in [0.4, 0.5) is 15.9 Å². The number of hydrogen-bond acceptors (Lipinski definition) is 4. The minimum absolute atomic E-state index is 0.259. The zero-order valence-electron chi connectivity index (χ0n) is 17.4. The third-order valence-electron chi connectivity index (χ3n) is 5.74. The van der Waals surface area contributed by atoms with Gasteiger partial charge in [0.2, 0.25) is 0 Å². The van der Waals surface area contributed by atoms with Crippen molar-refractivity contribution in [1.82, 2.24) is 19.9 Å². The minimum atomic E-state index is -0.259. The molecule has 2 aromatic carbocycles. The molecule has 0 atom stereocenters. The summed E-state index contributed by atoms with van der Waals surface area (Å²) in [7, 11) is 0. The first-order chi connectivity index (χ1) is 15.7. The van der Waals surface area contributed by atoms with E-state index in [1.807, 2.05) is 42.7 Å². The van der Waals surface area contributed by atoms with Crippen molar-refractivity contribution >= 4 is 23.1 Å². The Bertz CT molecular complexity index is 1220. The summed E-state index contributed by atoms with van der Waals surface area (Å²) in [5, 5.41) is 7.41. The van der Waals surface area contributed by atoms with E-state index in [4.69, 9.17) is 16.6 Å². The Morgan fingerprint density at radius 1 is 0.969 bits per heavy atom. The van der Waals surface area contributed by atoms with Crippen LogP contribution in [0.1, 0.15) is 18.9 Å². The topological polar surface area (TPSA) is 54.8 Å². The van der Waals surface area contributed by atoms with Crippen LogP contribution in [0.15, 0.2) is 73.2 Å². The molecular formula is C25H23ClFN5. The molecule has 1 aliphatic heterocycles. The molecule has 1 fully saturated rings. The summed E-state index contributed by atoms with van der Waals surface area (Å²) >= 11 is 6.13. The second kappa shape index (κ2) is 9.10. The Morgan fingerprint density at radius 3 is 2.56 bits per heavy atom. The smallest absolute Gasteiger partial charge is 0.130 e. The third kappa shape index (κ3) is 4.38. The van der Waals surface area contributed by atoms with Crippen LogP contribution >= 0.6 is 11.6 Å². The van der Waals surface area contributed by atoms with Crippen LogP contribution in [0.2, 0.25) is 5.02 Å². The second-order valence-corrected chi connectivity index (χ2v) is 8.34. The molecule has 5 rings (SSSR count). The average Bonchev–Trinajstić information content (AvgIpc) is 3.26. The number of aromatic nitrogens is 3. The van der Waals surface area contributed by atoms with Crippen molar-refractivity contribution in [3.8, 4) is 22.5 Å². The molecule has 2 aromatic heterocycles. The van der Waals surface area contributed by atoms with Crippen LogP contribution in [0.5, 0.6) is 0 Å². The molecule has 0 radical (unpaired) electrons. The van der Waals surface area contributed by atoms with E-state index < -0.39 is 0 Å². The fraction of sp³-hybridized carbons (Fsp3) is 0.200. The Hall–Kier alpha value is -3.22. The largest absolute Gasteiger partial charge is 0.340 e.